The van der Waals surface area contributed by atoms with Gasteiger partial charge in [0.05, 0.1) is 17.3 Å². The van der Waals surface area contributed by atoms with Gasteiger partial charge in [0.2, 0.25) is 0 Å². The molecule has 3 aliphatic rings. The van der Waals surface area contributed by atoms with Crippen molar-refractivity contribution in [1.29, 1.82) is 0 Å². The van der Waals surface area contributed by atoms with Gasteiger partial charge in [-0.2, -0.15) is 0 Å². The fraction of sp³-hybridized carbons (Fsp3) is 0.900. The molecular weight excluding hydrogens is 272 g/mol. The van der Waals surface area contributed by atoms with Crippen LogP contribution in [0.3, 0.4) is 0 Å². The summed E-state index contributed by atoms with van der Waals surface area (Å²) in [7, 11) is 0. The van der Waals surface area contributed by atoms with Crippen molar-refractivity contribution in [2.75, 3.05) is 0 Å². The molecule has 2 fully saturated rings. The molecule has 2 nitrogen and oxygen atoms in total. The van der Waals surface area contributed by atoms with Crippen LogP contribution in [0.2, 0.25) is 0 Å². The zero-order chi connectivity index (χ0) is 16.2. The van der Waals surface area contributed by atoms with Crippen LogP contribution in [0, 0.1) is 17.3 Å². The SMILES string of the molecule is CC1=CCC2CCC(C)(O)C(CCC3(C)OC3CC1)C2(C)C. The molecule has 2 bridgehead atoms. The highest BCUT2D eigenvalue weighted by molar-refractivity contribution is 5.09. The van der Waals surface area contributed by atoms with E-state index in [9.17, 15) is 5.11 Å². The molecule has 0 spiro atoms. The maximum Gasteiger partial charge on any atom is 0.0920 e. The van der Waals surface area contributed by atoms with Gasteiger partial charge in [-0.15, -0.1) is 0 Å². The number of hydrogen-bond donors (Lipinski definition) is 1. The second-order valence-corrected chi connectivity index (χ2v) is 9.25. The third-order valence-electron chi connectivity index (χ3n) is 7.22. The molecule has 1 N–H and O–H groups in total. The maximum absolute atomic E-state index is 11.0. The normalized spacial score (nSPS) is 48.5. The zero-order valence-corrected chi connectivity index (χ0v) is 15.1. The van der Waals surface area contributed by atoms with E-state index in [1.165, 1.54) is 18.4 Å². The molecule has 0 radical (unpaired) electrons. The molecule has 0 amide bonds. The first-order valence-electron chi connectivity index (χ1n) is 9.21. The molecule has 0 aromatic rings. The molecule has 2 aliphatic carbocycles. The third-order valence-corrected chi connectivity index (χ3v) is 7.22. The van der Waals surface area contributed by atoms with Gasteiger partial charge in [0.15, 0.2) is 0 Å². The molecule has 1 aliphatic heterocycles. The highest BCUT2D eigenvalue weighted by atomic mass is 16.6. The molecule has 2 heteroatoms. The second kappa shape index (κ2) is 5.34. The van der Waals surface area contributed by atoms with Crippen LogP contribution in [0.1, 0.15) is 79.6 Å². The van der Waals surface area contributed by atoms with Crippen molar-refractivity contribution < 1.29 is 9.84 Å². The first-order valence-corrected chi connectivity index (χ1v) is 9.21. The van der Waals surface area contributed by atoms with E-state index in [2.05, 4.69) is 40.7 Å². The number of hydrogen-bond acceptors (Lipinski definition) is 2. The van der Waals surface area contributed by atoms with E-state index < -0.39 is 5.60 Å². The topological polar surface area (TPSA) is 32.8 Å². The standard InChI is InChI=1S/C20H34O2/c1-14-6-8-15-10-12-19(4,21)16(18(15,2)3)11-13-20(5)17(22-20)9-7-14/h6,15-17,21H,7-13H2,1-5H3. The Morgan fingerprint density at radius 3 is 2.55 bits per heavy atom. The van der Waals surface area contributed by atoms with Crippen molar-refractivity contribution in [1.82, 2.24) is 0 Å². The first-order chi connectivity index (χ1) is 10.2. The molecule has 1 saturated carbocycles. The Morgan fingerprint density at radius 1 is 1.09 bits per heavy atom. The molecule has 3 rings (SSSR count). The van der Waals surface area contributed by atoms with Crippen LogP contribution in [0.5, 0.6) is 0 Å². The van der Waals surface area contributed by atoms with Crippen LogP contribution in [-0.4, -0.2) is 22.4 Å². The Bertz CT molecular complexity index is 462. The third kappa shape index (κ3) is 2.89. The quantitative estimate of drug-likeness (QED) is 0.512. The largest absolute Gasteiger partial charge is 0.390 e. The van der Waals surface area contributed by atoms with Crippen LogP contribution in [0.25, 0.3) is 0 Å². The van der Waals surface area contributed by atoms with E-state index in [0.29, 0.717) is 17.9 Å². The average Bonchev–Trinajstić information content (AvgIpc) is 3.04. The van der Waals surface area contributed by atoms with Gasteiger partial charge in [-0.3, -0.25) is 0 Å². The Morgan fingerprint density at radius 2 is 1.82 bits per heavy atom. The van der Waals surface area contributed by atoms with Crippen LogP contribution < -0.4 is 0 Å². The van der Waals surface area contributed by atoms with E-state index in [-0.39, 0.29) is 11.0 Å². The van der Waals surface area contributed by atoms with Crippen LogP contribution in [0.15, 0.2) is 11.6 Å². The van der Waals surface area contributed by atoms with Crippen LogP contribution in [0.4, 0.5) is 0 Å². The minimum Gasteiger partial charge on any atom is -0.390 e. The molecule has 126 valence electrons. The fourth-order valence-corrected chi connectivity index (χ4v) is 5.31. The summed E-state index contributed by atoms with van der Waals surface area (Å²) in [6, 6.07) is 0. The van der Waals surface area contributed by atoms with Crippen LogP contribution in [-0.2, 0) is 4.74 Å². The van der Waals surface area contributed by atoms with Crippen molar-refractivity contribution in [2.24, 2.45) is 17.3 Å². The van der Waals surface area contributed by atoms with Crippen molar-refractivity contribution in [3.05, 3.63) is 11.6 Å². The number of epoxide rings is 1. The van der Waals surface area contributed by atoms with E-state index in [4.69, 9.17) is 4.74 Å². The highest BCUT2D eigenvalue weighted by Crippen LogP contribution is 2.55. The smallest absolute Gasteiger partial charge is 0.0920 e. The number of rotatable bonds is 0. The maximum atomic E-state index is 11.0. The van der Waals surface area contributed by atoms with Gasteiger partial charge in [0.25, 0.3) is 0 Å². The Labute approximate surface area is 136 Å². The molecule has 0 aromatic heterocycles. The molecule has 22 heavy (non-hydrogen) atoms. The summed E-state index contributed by atoms with van der Waals surface area (Å²) in [5, 5.41) is 11.0. The summed E-state index contributed by atoms with van der Waals surface area (Å²) in [5.41, 5.74) is 1.25. The van der Waals surface area contributed by atoms with E-state index in [0.717, 1.165) is 32.1 Å². The van der Waals surface area contributed by atoms with Crippen molar-refractivity contribution >= 4 is 0 Å². The number of fused-ring (bicyclic) bond motifs is 3. The summed E-state index contributed by atoms with van der Waals surface area (Å²) in [6.45, 7) is 11.4. The van der Waals surface area contributed by atoms with Gasteiger partial charge in [-0.25, -0.2) is 0 Å². The first kappa shape index (κ1) is 16.5. The van der Waals surface area contributed by atoms with Gasteiger partial charge >= 0.3 is 0 Å². The van der Waals surface area contributed by atoms with E-state index >= 15 is 0 Å². The van der Waals surface area contributed by atoms with Gasteiger partial charge < -0.3 is 9.84 Å². The monoisotopic (exact) mass is 306 g/mol. The van der Waals surface area contributed by atoms with Gasteiger partial charge in [-0.1, -0.05) is 25.5 Å². The van der Waals surface area contributed by atoms with Crippen LogP contribution >= 0.6 is 0 Å². The summed E-state index contributed by atoms with van der Waals surface area (Å²) in [4.78, 5) is 0. The summed E-state index contributed by atoms with van der Waals surface area (Å²) < 4.78 is 6.03. The second-order valence-electron chi connectivity index (χ2n) is 9.25. The zero-order valence-electron chi connectivity index (χ0n) is 15.1. The number of ether oxygens (including phenoxy) is 1. The Hall–Kier alpha value is -0.340. The molecule has 0 aromatic carbocycles. The minimum atomic E-state index is -0.524. The molecular formula is C20H34O2. The lowest BCUT2D eigenvalue weighted by atomic mass is 9.54. The molecule has 1 heterocycles. The van der Waals surface area contributed by atoms with E-state index in [1.54, 1.807) is 0 Å². The summed E-state index contributed by atoms with van der Waals surface area (Å²) >= 11 is 0. The Balaban J connectivity index is 1.88. The Kier molecular flexibility index (Phi) is 4.01. The summed E-state index contributed by atoms with van der Waals surface area (Å²) in [5.74, 6) is 1.06. The van der Waals surface area contributed by atoms with Crippen molar-refractivity contribution in [2.45, 2.75) is 96.9 Å². The van der Waals surface area contributed by atoms with Crippen molar-refractivity contribution in [3.8, 4) is 0 Å². The van der Waals surface area contributed by atoms with Crippen molar-refractivity contribution in [3.63, 3.8) is 0 Å². The number of aliphatic hydroxyl groups is 1. The lowest BCUT2D eigenvalue weighted by Gasteiger charge is -2.53. The average molecular weight is 306 g/mol. The van der Waals surface area contributed by atoms with Gasteiger partial charge in [-0.05, 0) is 83.0 Å². The predicted molar refractivity (Wildman–Crippen MR) is 90.7 cm³/mol. The molecule has 1 saturated heterocycles. The molecule has 5 atom stereocenters. The minimum absolute atomic E-state index is 0.0680. The van der Waals surface area contributed by atoms with E-state index in [1.807, 2.05) is 0 Å². The predicted octanol–water partition coefficient (Wildman–Crippen LogP) is 4.86. The van der Waals surface area contributed by atoms with Gasteiger partial charge in [0, 0.05) is 0 Å². The lowest BCUT2D eigenvalue weighted by molar-refractivity contribution is -0.120. The highest BCUT2D eigenvalue weighted by Gasteiger charge is 2.55. The van der Waals surface area contributed by atoms with Gasteiger partial charge in [0.1, 0.15) is 0 Å². The number of allylic oxidation sites excluding steroid dienone is 2. The summed E-state index contributed by atoms with van der Waals surface area (Å²) in [6.07, 6.45) is 10.7. The fourth-order valence-electron chi connectivity index (χ4n) is 5.31. The lowest BCUT2D eigenvalue weighted by Crippen LogP contribution is -2.51. The molecule has 5 unspecified atom stereocenters.